The SMILES string of the molecule is CCOc1cc(/C=C2\SC(=Nc3ccc(C)cc3)N(c3ccc(C)cc3)C2=O)ccc1OCc1ccccc1. The van der Waals surface area contributed by atoms with E-state index in [4.69, 9.17) is 14.5 Å². The van der Waals surface area contributed by atoms with Crippen molar-refractivity contribution in [3.8, 4) is 11.5 Å². The molecule has 4 aromatic carbocycles. The monoisotopic (exact) mass is 534 g/mol. The number of anilines is 1. The molecule has 5 nitrogen and oxygen atoms in total. The number of carbonyl (C=O) groups excluding carboxylic acids is 1. The molecule has 6 heteroatoms. The molecule has 0 N–H and O–H groups in total. The smallest absolute Gasteiger partial charge is 0.271 e. The first-order valence-corrected chi connectivity index (χ1v) is 13.7. The second-order valence-electron chi connectivity index (χ2n) is 9.23. The molecule has 0 aliphatic carbocycles. The van der Waals surface area contributed by atoms with Crippen molar-refractivity contribution in [1.29, 1.82) is 0 Å². The van der Waals surface area contributed by atoms with E-state index < -0.39 is 0 Å². The number of hydrogen-bond donors (Lipinski definition) is 0. The van der Waals surface area contributed by atoms with Crippen molar-refractivity contribution in [2.45, 2.75) is 27.4 Å². The Morgan fingerprint density at radius 1 is 0.821 bits per heavy atom. The van der Waals surface area contributed by atoms with Crippen LogP contribution in [0.25, 0.3) is 6.08 Å². The van der Waals surface area contributed by atoms with Crippen molar-refractivity contribution < 1.29 is 14.3 Å². The molecule has 4 aromatic rings. The second kappa shape index (κ2) is 12.0. The van der Waals surface area contributed by atoms with E-state index in [1.807, 2.05) is 124 Å². The van der Waals surface area contributed by atoms with Gasteiger partial charge in [-0.2, -0.15) is 0 Å². The number of nitrogens with zero attached hydrogens (tertiary/aromatic N) is 2. The standard InChI is InChI=1S/C33H30N2O3S/c1-4-37-30-20-26(14-19-29(30)38-22-25-8-6-5-7-9-25)21-31-32(36)35(28-17-12-24(3)13-18-28)33(39-31)34-27-15-10-23(2)11-16-27/h5-21H,4,22H2,1-3H3/b31-21-,34-33?. The minimum Gasteiger partial charge on any atom is -0.490 e. The van der Waals surface area contributed by atoms with Crippen LogP contribution in [-0.4, -0.2) is 17.7 Å². The summed E-state index contributed by atoms with van der Waals surface area (Å²) in [6.07, 6.45) is 1.88. The summed E-state index contributed by atoms with van der Waals surface area (Å²) in [6, 6.07) is 31.6. The highest BCUT2D eigenvalue weighted by molar-refractivity contribution is 8.19. The van der Waals surface area contributed by atoms with Crippen LogP contribution in [0.5, 0.6) is 11.5 Å². The van der Waals surface area contributed by atoms with Crippen molar-refractivity contribution >= 4 is 40.3 Å². The van der Waals surface area contributed by atoms with Crippen LogP contribution < -0.4 is 14.4 Å². The molecule has 196 valence electrons. The molecular formula is C33H30N2O3S. The van der Waals surface area contributed by atoms with E-state index in [2.05, 4.69) is 0 Å². The quantitative estimate of drug-likeness (QED) is 0.214. The fourth-order valence-electron chi connectivity index (χ4n) is 4.09. The Morgan fingerprint density at radius 3 is 2.21 bits per heavy atom. The minimum atomic E-state index is -0.114. The van der Waals surface area contributed by atoms with Crippen molar-refractivity contribution in [2.24, 2.45) is 4.99 Å². The molecule has 0 saturated carbocycles. The maximum atomic E-state index is 13.7. The number of rotatable bonds is 8. The Bertz CT molecular complexity index is 1510. The Hall–Kier alpha value is -4.29. The topological polar surface area (TPSA) is 51.1 Å². The van der Waals surface area contributed by atoms with Crippen molar-refractivity contribution in [1.82, 2.24) is 0 Å². The number of thioether (sulfide) groups is 1. The second-order valence-corrected chi connectivity index (χ2v) is 10.2. The summed E-state index contributed by atoms with van der Waals surface area (Å²) in [6.45, 7) is 6.96. The molecule has 0 aromatic heterocycles. The largest absolute Gasteiger partial charge is 0.490 e. The van der Waals surface area contributed by atoms with Gasteiger partial charge in [0, 0.05) is 0 Å². The highest BCUT2D eigenvalue weighted by Crippen LogP contribution is 2.38. The molecule has 1 aliphatic heterocycles. The van der Waals surface area contributed by atoms with Gasteiger partial charge in [0.15, 0.2) is 16.7 Å². The van der Waals surface area contributed by atoms with Crippen LogP contribution in [0.15, 0.2) is 107 Å². The number of hydrogen-bond acceptors (Lipinski definition) is 5. The predicted molar refractivity (Wildman–Crippen MR) is 161 cm³/mol. The van der Waals surface area contributed by atoms with Gasteiger partial charge in [0.05, 0.1) is 22.9 Å². The molecule has 0 bridgehead atoms. The van der Waals surface area contributed by atoms with Crippen LogP contribution in [0.2, 0.25) is 0 Å². The van der Waals surface area contributed by atoms with Crippen LogP contribution >= 0.6 is 11.8 Å². The Kier molecular flexibility index (Phi) is 8.13. The average molecular weight is 535 g/mol. The minimum absolute atomic E-state index is 0.114. The molecule has 1 aliphatic rings. The van der Waals surface area contributed by atoms with Gasteiger partial charge in [-0.25, -0.2) is 4.99 Å². The van der Waals surface area contributed by atoms with E-state index in [1.165, 1.54) is 11.8 Å². The lowest BCUT2D eigenvalue weighted by Crippen LogP contribution is -2.28. The number of aliphatic imine (C=N–C) groups is 1. The van der Waals surface area contributed by atoms with Gasteiger partial charge in [-0.1, -0.05) is 71.8 Å². The molecule has 0 atom stereocenters. The summed E-state index contributed by atoms with van der Waals surface area (Å²) in [5.74, 6) is 1.19. The van der Waals surface area contributed by atoms with Gasteiger partial charge >= 0.3 is 0 Å². The molecule has 1 fully saturated rings. The van der Waals surface area contributed by atoms with Gasteiger partial charge in [-0.05, 0) is 86.1 Å². The van der Waals surface area contributed by atoms with Gasteiger partial charge in [-0.3, -0.25) is 9.69 Å². The fraction of sp³-hybridized carbons (Fsp3) is 0.152. The van der Waals surface area contributed by atoms with Crippen LogP contribution in [-0.2, 0) is 11.4 Å². The Balaban J connectivity index is 1.46. The van der Waals surface area contributed by atoms with Gasteiger partial charge in [0.2, 0.25) is 0 Å². The summed E-state index contributed by atoms with van der Waals surface area (Å²) in [4.78, 5) is 20.8. The molecular weight excluding hydrogens is 504 g/mol. The Morgan fingerprint density at radius 2 is 1.51 bits per heavy atom. The first-order valence-electron chi connectivity index (χ1n) is 12.9. The predicted octanol–water partition coefficient (Wildman–Crippen LogP) is 8.09. The molecule has 0 radical (unpaired) electrons. The number of aryl methyl sites for hydroxylation is 2. The molecule has 39 heavy (non-hydrogen) atoms. The normalized spacial score (nSPS) is 15.3. The van der Waals surface area contributed by atoms with Crippen molar-refractivity contribution in [2.75, 3.05) is 11.5 Å². The zero-order chi connectivity index (χ0) is 27.2. The summed E-state index contributed by atoms with van der Waals surface area (Å²) < 4.78 is 11.9. The molecule has 5 rings (SSSR count). The van der Waals surface area contributed by atoms with Gasteiger partial charge < -0.3 is 9.47 Å². The summed E-state index contributed by atoms with van der Waals surface area (Å²) in [7, 11) is 0. The first-order chi connectivity index (χ1) is 19.0. The molecule has 0 spiro atoms. The summed E-state index contributed by atoms with van der Waals surface area (Å²) in [5, 5.41) is 0.617. The van der Waals surface area contributed by atoms with Crippen LogP contribution in [0.1, 0.15) is 29.2 Å². The van der Waals surface area contributed by atoms with Crippen LogP contribution in [0, 0.1) is 13.8 Å². The third kappa shape index (κ3) is 6.41. The Labute approximate surface area is 233 Å². The first kappa shape index (κ1) is 26.3. The van der Waals surface area contributed by atoms with Gasteiger partial charge in [0.25, 0.3) is 5.91 Å². The van der Waals surface area contributed by atoms with E-state index in [-0.39, 0.29) is 5.91 Å². The van der Waals surface area contributed by atoms with Crippen molar-refractivity contribution in [3.05, 3.63) is 124 Å². The van der Waals surface area contributed by atoms with Crippen LogP contribution in [0.3, 0.4) is 0 Å². The number of amidine groups is 1. The highest BCUT2D eigenvalue weighted by Gasteiger charge is 2.34. The lowest BCUT2D eigenvalue weighted by atomic mass is 10.1. The lowest BCUT2D eigenvalue weighted by Gasteiger charge is -2.16. The third-order valence-electron chi connectivity index (χ3n) is 6.16. The van der Waals surface area contributed by atoms with Crippen molar-refractivity contribution in [3.63, 3.8) is 0 Å². The van der Waals surface area contributed by atoms with Gasteiger partial charge in [-0.15, -0.1) is 0 Å². The molecule has 1 heterocycles. The third-order valence-corrected chi connectivity index (χ3v) is 7.13. The number of benzene rings is 4. The number of amides is 1. The molecule has 1 saturated heterocycles. The fourth-order valence-corrected chi connectivity index (χ4v) is 5.09. The summed E-state index contributed by atoms with van der Waals surface area (Å²) in [5.41, 5.74) is 5.80. The lowest BCUT2D eigenvalue weighted by molar-refractivity contribution is -0.113. The summed E-state index contributed by atoms with van der Waals surface area (Å²) >= 11 is 1.37. The molecule has 1 amide bonds. The highest BCUT2D eigenvalue weighted by atomic mass is 32.2. The number of ether oxygens (including phenoxy) is 2. The molecule has 0 unspecified atom stereocenters. The van der Waals surface area contributed by atoms with E-state index in [9.17, 15) is 4.79 Å². The maximum Gasteiger partial charge on any atom is 0.271 e. The van der Waals surface area contributed by atoms with Gasteiger partial charge in [0.1, 0.15) is 6.61 Å². The van der Waals surface area contributed by atoms with E-state index in [0.29, 0.717) is 34.8 Å². The van der Waals surface area contributed by atoms with E-state index in [1.54, 1.807) is 4.90 Å². The zero-order valence-electron chi connectivity index (χ0n) is 22.3. The maximum absolute atomic E-state index is 13.7. The van der Waals surface area contributed by atoms with E-state index in [0.717, 1.165) is 33.6 Å². The zero-order valence-corrected chi connectivity index (χ0v) is 23.1. The average Bonchev–Trinajstić information content (AvgIpc) is 3.24. The number of carbonyl (C=O) groups is 1. The van der Waals surface area contributed by atoms with E-state index >= 15 is 0 Å². The van der Waals surface area contributed by atoms with Crippen LogP contribution in [0.4, 0.5) is 11.4 Å².